The normalized spacial score (nSPS) is 23.0. The summed E-state index contributed by atoms with van der Waals surface area (Å²) in [5.74, 6) is 1.11. The van der Waals surface area contributed by atoms with Crippen LogP contribution in [0.2, 0.25) is 0 Å². The number of amides is 1. The molecule has 4 atom stereocenters. The Labute approximate surface area is 194 Å². The summed E-state index contributed by atoms with van der Waals surface area (Å²) in [5.41, 5.74) is 1.01. The Bertz CT molecular complexity index is 766. The van der Waals surface area contributed by atoms with E-state index >= 15 is 0 Å². The van der Waals surface area contributed by atoms with Gasteiger partial charge in [-0.15, -0.1) is 0 Å². The van der Waals surface area contributed by atoms with E-state index in [1.165, 1.54) is 11.5 Å². The quantitative estimate of drug-likeness (QED) is 0.211. The highest BCUT2D eigenvalue weighted by molar-refractivity contribution is 5.88. The molecule has 5 nitrogen and oxygen atoms in total. The van der Waals surface area contributed by atoms with E-state index in [1.54, 1.807) is 13.0 Å². The van der Waals surface area contributed by atoms with Gasteiger partial charge in [-0.05, 0) is 76.4 Å². The summed E-state index contributed by atoms with van der Waals surface area (Å²) < 4.78 is 6.01. The number of esters is 1. The summed E-state index contributed by atoms with van der Waals surface area (Å²) in [5, 5.41) is 1.31. The maximum atomic E-state index is 13.0. The second-order valence-corrected chi connectivity index (χ2v) is 10.5. The number of carbonyl (C=O) groups excluding carboxylic acids is 2. The van der Waals surface area contributed by atoms with Crippen molar-refractivity contribution in [1.82, 2.24) is 5.06 Å². The molecule has 1 aromatic carbocycles. The SMILES string of the molecule is CC(=CC(Cc1ccccc1)N(C=O)OC(C)(C)C)C(=O)O[C@@H]1C[C@H](C)CC[C@H]1C(C)C. The summed E-state index contributed by atoms with van der Waals surface area (Å²) >= 11 is 0. The molecule has 1 aliphatic carbocycles. The fourth-order valence-corrected chi connectivity index (χ4v) is 4.40. The van der Waals surface area contributed by atoms with Gasteiger partial charge >= 0.3 is 5.97 Å². The van der Waals surface area contributed by atoms with Crippen LogP contribution in [0.3, 0.4) is 0 Å². The summed E-state index contributed by atoms with van der Waals surface area (Å²) in [6, 6.07) is 9.47. The van der Waals surface area contributed by atoms with Gasteiger partial charge in [0.1, 0.15) is 6.10 Å². The molecule has 0 N–H and O–H groups in total. The molecule has 1 saturated carbocycles. The number of nitrogens with zero attached hydrogens (tertiary/aromatic N) is 1. The molecule has 1 fully saturated rings. The van der Waals surface area contributed by atoms with Crippen molar-refractivity contribution in [2.45, 2.75) is 91.9 Å². The van der Waals surface area contributed by atoms with E-state index < -0.39 is 11.6 Å². The van der Waals surface area contributed by atoms with E-state index in [2.05, 4.69) is 20.8 Å². The average molecular weight is 444 g/mol. The van der Waals surface area contributed by atoms with Crippen molar-refractivity contribution in [3.8, 4) is 0 Å². The molecule has 0 heterocycles. The molecule has 1 amide bonds. The van der Waals surface area contributed by atoms with Gasteiger partial charge in [0, 0.05) is 5.57 Å². The molecule has 0 radical (unpaired) electrons. The zero-order chi connectivity index (χ0) is 23.9. The first-order valence-electron chi connectivity index (χ1n) is 11.9. The highest BCUT2D eigenvalue weighted by Gasteiger charge is 2.34. The lowest BCUT2D eigenvalue weighted by Gasteiger charge is -2.37. The first-order chi connectivity index (χ1) is 15.0. The second-order valence-electron chi connectivity index (χ2n) is 10.5. The maximum absolute atomic E-state index is 13.0. The van der Waals surface area contributed by atoms with Crippen LogP contribution in [0.15, 0.2) is 42.0 Å². The maximum Gasteiger partial charge on any atom is 0.333 e. The summed E-state index contributed by atoms with van der Waals surface area (Å²) in [6.45, 7) is 14.1. The molecule has 5 heteroatoms. The lowest BCUT2D eigenvalue weighted by atomic mass is 9.75. The number of rotatable bonds is 9. The van der Waals surface area contributed by atoms with Crippen LogP contribution in [0, 0.1) is 17.8 Å². The van der Waals surface area contributed by atoms with Crippen LogP contribution in [-0.2, 0) is 25.6 Å². The third-order valence-corrected chi connectivity index (χ3v) is 6.08. The van der Waals surface area contributed by atoms with E-state index in [4.69, 9.17) is 9.57 Å². The van der Waals surface area contributed by atoms with Gasteiger partial charge in [0.05, 0.1) is 11.6 Å². The van der Waals surface area contributed by atoms with E-state index in [9.17, 15) is 9.59 Å². The van der Waals surface area contributed by atoms with Crippen LogP contribution >= 0.6 is 0 Å². The first-order valence-corrected chi connectivity index (χ1v) is 11.9. The molecule has 2 rings (SSSR count). The van der Waals surface area contributed by atoms with Crippen molar-refractivity contribution in [2.24, 2.45) is 17.8 Å². The smallest absolute Gasteiger partial charge is 0.333 e. The Kier molecular flexibility index (Phi) is 9.50. The minimum Gasteiger partial charge on any atom is -0.459 e. The summed E-state index contributed by atoms with van der Waals surface area (Å²) in [7, 11) is 0. The van der Waals surface area contributed by atoms with Crippen molar-refractivity contribution < 1.29 is 19.2 Å². The molecule has 1 aromatic rings. The molecule has 32 heavy (non-hydrogen) atoms. The van der Waals surface area contributed by atoms with Crippen LogP contribution < -0.4 is 0 Å². The fourth-order valence-electron chi connectivity index (χ4n) is 4.40. The third kappa shape index (κ3) is 8.09. The van der Waals surface area contributed by atoms with Crippen LogP contribution in [0.5, 0.6) is 0 Å². The van der Waals surface area contributed by atoms with Gasteiger partial charge in [-0.2, -0.15) is 0 Å². The molecule has 0 aliphatic heterocycles. The topological polar surface area (TPSA) is 55.8 Å². The molecular formula is C27H41NO4. The van der Waals surface area contributed by atoms with E-state index in [1.807, 2.05) is 51.1 Å². The number of ether oxygens (including phenoxy) is 1. The Balaban J connectivity index is 2.22. The van der Waals surface area contributed by atoms with E-state index in [0.717, 1.165) is 18.4 Å². The van der Waals surface area contributed by atoms with Gasteiger partial charge in [-0.25, -0.2) is 9.86 Å². The third-order valence-electron chi connectivity index (χ3n) is 6.08. The number of hydrogen-bond acceptors (Lipinski definition) is 4. The molecule has 1 aliphatic rings. The van der Waals surface area contributed by atoms with Gasteiger partial charge in [0.2, 0.25) is 6.41 Å². The average Bonchev–Trinajstić information content (AvgIpc) is 2.71. The molecule has 0 saturated heterocycles. The molecule has 0 bridgehead atoms. The minimum atomic E-state index is -0.541. The summed E-state index contributed by atoms with van der Waals surface area (Å²) in [6.07, 6.45) is 6.14. The Morgan fingerprint density at radius 1 is 1.19 bits per heavy atom. The number of benzene rings is 1. The molecule has 178 valence electrons. The van der Waals surface area contributed by atoms with Crippen molar-refractivity contribution in [3.63, 3.8) is 0 Å². The van der Waals surface area contributed by atoms with Crippen molar-refractivity contribution in [2.75, 3.05) is 0 Å². The van der Waals surface area contributed by atoms with Crippen LogP contribution in [0.4, 0.5) is 0 Å². The standard InChI is InChI=1S/C27H41NO4/c1-19(2)24-14-13-20(3)15-25(24)31-26(30)21(4)16-23(17-22-11-9-8-10-12-22)28(18-29)32-27(5,6)7/h8-12,16,18-20,23-25H,13-15,17H2,1-7H3/t20-,23?,24+,25-/m1/s1. The number of hydroxylamine groups is 2. The largest absolute Gasteiger partial charge is 0.459 e. The molecule has 0 aromatic heterocycles. The zero-order valence-corrected chi connectivity index (χ0v) is 20.8. The van der Waals surface area contributed by atoms with E-state index in [-0.39, 0.29) is 12.1 Å². The predicted octanol–water partition coefficient (Wildman–Crippen LogP) is 5.74. The molecular weight excluding hydrogens is 402 g/mol. The predicted molar refractivity (Wildman–Crippen MR) is 128 cm³/mol. The van der Waals surface area contributed by atoms with Crippen molar-refractivity contribution in [3.05, 3.63) is 47.5 Å². The van der Waals surface area contributed by atoms with Gasteiger partial charge in [0.25, 0.3) is 0 Å². The van der Waals surface area contributed by atoms with Crippen LogP contribution in [0.1, 0.15) is 73.3 Å². The van der Waals surface area contributed by atoms with Gasteiger partial charge < -0.3 is 4.74 Å². The number of carbonyl (C=O) groups is 2. The van der Waals surface area contributed by atoms with Crippen molar-refractivity contribution >= 4 is 12.4 Å². The van der Waals surface area contributed by atoms with Crippen LogP contribution in [-0.4, -0.2) is 35.2 Å². The minimum absolute atomic E-state index is 0.0600. The van der Waals surface area contributed by atoms with Gasteiger partial charge in [-0.1, -0.05) is 57.5 Å². The number of hydrogen-bond donors (Lipinski definition) is 0. The molecule has 0 spiro atoms. The Morgan fingerprint density at radius 3 is 2.41 bits per heavy atom. The fraction of sp³-hybridized carbons (Fsp3) is 0.630. The van der Waals surface area contributed by atoms with Crippen molar-refractivity contribution in [1.29, 1.82) is 0 Å². The second kappa shape index (κ2) is 11.6. The van der Waals surface area contributed by atoms with Gasteiger partial charge in [0.15, 0.2) is 0 Å². The van der Waals surface area contributed by atoms with Gasteiger partial charge in [-0.3, -0.25) is 9.63 Å². The Hall–Kier alpha value is -2.14. The van der Waals surface area contributed by atoms with E-state index in [0.29, 0.717) is 36.2 Å². The zero-order valence-electron chi connectivity index (χ0n) is 20.8. The van der Waals surface area contributed by atoms with Crippen LogP contribution in [0.25, 0.3) is 0 Å². The summed E-state index contributed by atoms with van der Waals surface area (Å²) in [4.78, 5) is 30.8. The first kappa shape index (κ1) is 26.1. The Morgan fingerprint density at radius 2 is 1.84 bits per heavy atom. The lowest BCUT2D eigenvalue weighted by molar-refractivity contribution is -0.226. The lowest BCUT2D eigenvalue weighted by Crippen LogP contribution is -2.41. The highest BCUT2D eigenvalue weighted by atomic mass is 16.7. The monoisotopic (exact) mass is 443 g/mol. The molecule has 1 unspecified atom stereocenters. The highest BCUT2D eigenvalue weighted by Crippen LogP contribution is 2.35.